The monoisotopic (exact) mass is 306 g/mol. The van der Waals surface area contributed by atoms with Gasteiger partial charge in [-0.2, -0.15) is 0 Å². The molecule has 1 aromatic rings. The fourth-order valence-corrected chi connectivity index (χ4v) is 2.50. The smallest absolute Gasteiger partial charge is 0.302 e. The Morgan fingerprint density at radius 1 is 1.27 bits per heavy atom. The van der Waals surface area contributed by atoms with Crippen LogP contribution in [-0.4, -0.2) is 25.3 Å². The molecular formula is C18H26O4. The Kier molecular flexibility index (Phi) is 6.40. The third kappa shape index (κ3) is 5.11. The van der Waals surface area contributed by atoms with Crippen molar-refractivity contribution in [1.82, 2.24) is 0 Å². The van der Waals surface area contributed by atoms with Crippen molar-refractivity contribution in [3.05, 3.63) is 35.4 Å². The molecule has 1 aromatic carbocycles. The van der Waals surface area contributed by atoms with Gasteiger partial charge in [-0.25, -0.2) is 0 Å². The highest BCUT2D eigenvalue weighted by atomic mass is 16.7. The molecule has 122 valence electrons. The van der Waals surface area contributed by atoms with E-state index in [9.17, 15) is 4.79 Å². The minimum atomic E-state index is -0.250. The molecule has 1 fully saturated rings. The molecule has 0 aromatic heterocycles. The van der Waals surface area contributed by atoms with Gasteiger partial charge in [-0.1, -0.05) is 38.1 Å². The van der Waals surface area contributed by atoms with Crippen LogP contribution in [0.2, 0.25) is 0 Å². The molecule has 0 radical (unpaired) electrons. The first-order chi connectivity index (χ1) is 10.6. The van der Waals surface area contributed by atoms with Crippen LogP contribution in [0, 0.1) is 0 Å². The number of benzene rings is 1. The fourth-order valence-electron chi connectivity index (χ4n) is 2.50. The maximum Gasteiger partial charge on any atom is 0.302 e. The van der Waals surface area contributed by atoms with Crippen molar-refractivity contribution < 1.29 is 19.0 Å². The number of carbonyl (C=O) groups excluding carboxylic acids is 1. The molecule has 0 spiro atoms. The summed E-state index contributed by atoms with van der Waals surface area (Å²) < 4.78 is 16.6. The van der Waals surface area contributed by atoms with E-state index in [0.717, 1.165) is 24.8 Å². The highest BCUT2D eigenvalue weighted by Crippen LogP contribution is 2.29. The van der Waals surface area contributed by atoms with E-state index in [2.05, 4.69) is 38.1 Å². The molecule has 4 nitrogen and oxygen atoms in total. The molecule has 0 unspecified atom stereocenters. The standard InChI is InChI=1S/C18H26O4/c1-13(2)15-7-9-16(10-8-15)18-21-12-17(22-18)6-4-5-11-20-14(3)19/h7-10,13,17-18H,4-6,11-12H2,1-3H3/t17-,18-/m0/s1. The van der Waals surface area contributed by atoms with Crippen molar-refractivity contribution in [3.63, 3.8) is 0 Å². The highest BCUT2D eigenvalue weighted by molar-refractivity contribution is 5.65. The zero-order valence-electron chi connectivity index (χ0n) is 13.7. The average molecular weight is 306 g/mol. The van der Waals surface area contributed by atoms with Gasteiger partial charge in [0, 0.05) is 12.5 Å². The summed E-state index contributed by atoms with van der Waals surface area (Å²) in [5.74, 6) is 0.315. The van der Waals surface area contributed by atoms with E-state index >= 15 is 0 Å². The highest BCUT2D eigenvalue weighted by Gasteiger charge is 2.26. The predicted molar refractivity (Wildman–Crippen MR) is 84.6 cm³/mol. The molecule has 1 aliphatic rings. The van der Waals surface area contributed by atoms with Gasteiger partial charge in [0.15, 0.2) is 6.29 Å². The first kappa shape index (κ1) is 17.0. The molecule has 0 bridgehead atoms. The molecule has 0 N–H and O–H groups in total. The van der Waals surface area contributed by atoms with Crippen molar-refractivity contribution in [2.24, 2.45) is 0 Å². The first-order valence-electron chi connectivity index (χ1n) is 8.06. The van der Waals surface area contributed by atoms with E-state index in [0.29, 0.717) is 19.1 Å². The maximum absolute atomic E-state index is 10.7. The van der Waals surface area contributed by atoms with Crippen molar-refractivity contribution in [1.29, 1.82) is 0 Å². The molecular weight excluding hydrogens is 280 g/mol. The quantitative estimate of drug-likeness (QED) is 0.565. The van der Waals surface area contributed by atoms with Crippen LogP contribution in [0.1, 0.15) is 63.4 Å². The molecule has 1 saturated heterocycles. The van der Waals surface area contributed by atoms with Crippen molar-refractivity contribution in [3.8, 4) is 0 Å². The molecule has 1 heterocycles. The lowest BCUT2D eigenvalue weighted by Crippen LogP contribution is -2.10. The molecule has 1 aliphatic heterocycles. The largest absolute Gasteiger partial charge is 0.466 e. The number of unbranched alkanes of at least 4 members (excludes halogenated alkanes) is 1. The van der Waals surface area contributed by atoms with E-state index in [1.54, 1.807) is 0 Å². The summed E-state index contributed by atoms with van der Waals surface area (Å²) in [6.45, 7) is 6.92. The molecule has 0 amide bonds. The lowest BCUT2D eigenvalue weighted by molar-refractivity contribution is -0.141. The zero-order valence-corrected chi connectivity index (χ0v) is 13.7. The van der Waals surface area contributed by atoms with Crippen LogP contribution < -0.4 is 0 Å². The van der Waals surface area contributed by atoms with E-state index in [1.807, 2.05) is 0 Å². The summed E-state index contributed by atoms with van der Waals surface area (Å²) in [6.07, 6.45) is 2.65. The van der Waals surface area contributed by atoms with Gasteiger partial charge in [-0.3, -0.25) is 4.79 Å². The average Bonchev–Trinajstić information content (AvgIpc) is 2.95. The van der Waals surface area contributed by atoms with Crippen molar-refractivity contribution >= 4 is 5.97 Å². The summed E-state index contributed by atoms with van der Waals surface area (Å²) in [6, 6.07) is 8.45. The summed E-state index contributed by atoms with van der Waals surface area (Å²) in [5.41, 5.74) is 2.40. The van der Waals surface area contributed by atoms with Crippen LogP contribution in [0.25, 0.3) is 0 Å². The number of rotatable bonds is 7. The normalized spacial score (nSPS) is 21.3. The second-order valence-electron chi connectivity index (χ2n) is 6.08. The molecule has 2 atom stereocenters. The minimum Gasteiger partial charge on any atom is -0.466 e. The van der Waals surface area contributed by atoms with Gasteiger partial charge in [-0.05, 0) is 30.7 Å². The number of carbonyl (C=O) groups is 1. The van der Waals surface area contributed by atoms with Crippen LogP contribution in [0.15, 0.2) is 24.3 Å². The van der Waals surface area contributed by atoms with Gasteiger partial charge >= 0.3 is 5.97 Å². The molecule has 2 rings (SSSR count). The van der Waals surface area contributed by atoms with Gasteiger partial charge in [0.25, 0.3) is 0 Å². The van der Waals surface area contributed by atoms with Crippen molar-refractivity contribution in [2.75, 3.05) is 13.2 Å². The van der Waals surface area contributed by atoms with E-state index in [1.165, 1.54) is 12.5 Å². The molecule has 0 saturated carbocycles. The van der Waals surface area contributed by atoms with Crippen LogP contribution in [-0.2, 0) is 19.0 Å². The van der Waals surface area contributed by atoms with Crippen molar-refractivity contribution in [2.45, 2.75) is 58.3 Å². The number of hydrogen-bond acceptors (Lipinski definition) is 4. The summed E-state index contributed by atoms with van der Waals surface area (Å²) in [4.78, 5) is 10.7. The van der Waals surface area contributed by atoms with Crippen LogP contribution in [0.4, 0.5) is 0 Å². The Morgan fingerprint density at radius 3 is 2.64 bits per heavy atom. The lowest BCUT2D eigenvalue weighted by atomic mass is 10.0. The van der Waals surface area contributed by atoms with Gasteiger partial charge in [-0.15, -0.1) is 0 Å². The zero-order chi connectivity index (χ0) is 15.9. The lowest BCUT2D eigenvalue weighted by Gasteiger charge is -2.13. The van der Waals surface area contributed by atoms with Gasteiger partial charge in [0.2, 0.25) is 0 Å². The third-order valence-corrected chi connectivity index (χ3v) is 3.85. The first-order valence-corrected chi connectivity index (χ1v) is 8.06. The number of ether oxygens (including phenoxy) is 3. The van der Waals surface area contributed by atoms with Gasteiger partial charge < -0.3 is 14.2 Å². The number of hydrogen-bond donors (Lipinski definition) is 0. The van der Waals surface area contributed by atoms with Crippen LogP contribution in [0.3, 0.4) is 0 Å². The van der Waals surface area contributed by atoms with Gasteiger partial charge in [0.05, 0.1) is 19.3 Å². The number of esters is 1. The second-order valence-corrected chi connectivity index (χ2v) is 6.08. The summed E-state index contributed by atoms with van der Waals surface area (Å²) >= 11 is 0. The van der Waals surface area contributed by atoms with E-state index < -0.39 is 0 Å². The Morgan fingerprint density at radius 2 is 2.00 bits per heavy atom. The van der Waals surface area contributed by atoms with Crippen LogP contribution in [0.5, 0.6) is 0 Å². The van der Waals surface area contributed by atoms with Gasteiger partial charge in [0.1, 0.15) is 0 Å². The molecule has 0 aliphatic carbocycles. The molecule has 4 heteroatoms. The second kappa shape index (κ2) is 8.30. The minimum absolute atomic E-state index is 0.132. The summed E-state index contributed by atoms with van der Waals surface area (Å²) in [7, 11) is 0. The maximum atomic E-state index is 10.7. The van der Waals surface area contributed by atoms with E-state index in [4.69, 9.17) is 14.2 Å². The SMILES string of the molecule is CC(=O)OCCCC[C@H]1CO[C@H](c2ccc(C(C)C)cc2)O1. The Labute approximate surface area is 132 Å². The van der Waals surface area contributed by atoms with Crippen LogP contribution >= 0.6 is 0 Å². The third-order valence-electron chi connectivity index (χ3n) is 3.85. The summed E-state index contributed by atoms with van der Waals surface area (Å²) in [5, 5.41) is 0. The predicted octanol–water partition coefficient (Wildman–Crippen LogP) is 3.96. The topological polar surface area (TPSA) is 44.8 Å². The van der Waals surface area contributed by atoms with E-state index in [-0.39, 0.29) is 18.4 Å². The Balaban J connectivity index is 1.72. The molecule has 22 heavy (non-hydrogen) atoms. The Hall–Kier alpha value is -1.39. The fraction of sp³-hybridized carbons (Fsp3) is 0.611. The Bertz CT molecular complexity index is 466.